The van der Waals surface area contributed by atoms with Crippen LogP contribution in [0.15, 0.2) is 30.3 Å². The summed E-state index contributed by atoms with van der Waals surface area (Å²) in [5.41, 5.74) is 6.81. The molecule has 0 unspecified atom stereocenters. The van der Waals surface area contributed by atoms with Crippen LogP contribution in [0.1, 0.15) is 18.7 Å². The summed E-state index contributed by atoms with van der Waals surface area (Å²) >= 11 is 1.75. The zero-order valence-electron chi connectivity index (χ0n) is 22.6. The lowest BCUT2D eigenvalue weighted by Gasteiger charge is -2.42. The number of carbonyl (C=O) groups is 1. The summed E-state index contributed by atoms with van der Waals surface area (Å²) in [6, 6.07) is 10.1. The van der Waals surface area contributed by atoms with Gasteiger partial charge in [0.1, 0.15) is 0 Å². The molecule has 4 aromatic rings. The maximum Gasteiger partial charge on any atom is 0.253 e. The number of benzene rings is 1. The van der Waals surface area contributed by atoms with Crippen LogP contribution in [-0.2, 0) is 16.1 Å². The van der Waals surface area contributed by atoms with E-state index in [0.717, 1.165) is 72.8 Å². The molecule has 39 heavy (non-hydrogen) atoms. The van der Waals surface area contributed by atoms with E-state index in [4.69, 9.17) is 30.3 Å². The van der Waals surface area contributed by atoms with E-state index < -0.39 is 5.54 Å². The van der Waals surface area contributed by atoms with E-state index in [9.17, 15) is 4.79 Å². The highest BCUT2D eigenvalue weighted by molar-refractivity contribution is 7.19. The molecule has 2 N–H and O–H groups in total. The fourth-order valence-corrected chi connectivity index (χ4v) is 6.45. The van der Waals surface area contributed by atoms with Crippen molar-refractivity contribution in [2.24, 2.45) is 5.73 Å². The first-order chi connectivity index (χ1) is 18.8. The molecule has 0 radical (unpaired) electrons. The van der Waals surface area contributed by atoms with Gasteiger partial charge in [-0.3, -0.25) is 14.6 Å². The van der Waals surface area contributed by atoms with Crippen molar-refractivity contribution < 1.29 is 14.3 Å². The van der Waals surface area contributed by atoms with Gasteiger partial charge in [-0.25, -0.2) is 4.98 Å². The number of aromatic nitrogens is 4. The Morgan fingerprint density at radius 2 is 1.85 bits per heavy atom. The Balaban J connectivity index is 1.33. The normalized spacial score (nSPS) is 17.8. The predicted octanol–water partition coefficient (Wildman–Crippen LogP) is 2.26. The molecule has 2 saturated heterocycles. The lowest BCUT2D eigenvalue weighted by molar-refractivity contribution is -0.129. The number of hydrogen-bond donors (Lipinski definition) is 1. The third-order valence-corrected chi connectivity index (χ3v) is 8.89. The molecule has 6 rings (SSSR count). The monoisotopic (exact) mass is 550 g/mol. The number of rotatable bonds is 7. The van der Waals surface area contributed by atoms with Crippen LogP contribution in [0.2, 0.25) is 0 Å². The molecule has 5 heterocycles. The van der Waals surface area contributed by atoms with Gasteiger partial charge in [0.2, 0.25) is 11.8 Å². The SMILES string of the molecule is COc1nn(-c2nc(N3CCOCC3)c3sc(CN4CCN(C(C)(C)C(N)=O)CC4)cc3n2)c2ccccc12. The Morgan fingerprint density at radius 1 is 1.10 bits per heavy atom. The van der Waals surface area contributed by atoms with Gasteiger partial charge in [-0.15, -0.1) is 16.4 Å². The lowest BCUT2D eigenvalue weighted by atomic mass is 10.0. The maximum atomic E-state index is 11.9. The van der Waals surface area contributed by atoms with Crippen LogP contribution in [0.25, 0.3) is 27.1 Å². The molecule has 2 aliphatic rings. The van der Waals surface area contributed by atoms with Crippen LogP contribution >= 0.6 is 11.3 Å². The molecular weight excluding hydrogens is 516 g/mol. The second-order valence-electron chi connectivity index (χ2n) is 10.5. The average molecular weight is 551 g/mol. The van der Waals surface area contributed by atoms with Gasteiger partial charge < -0.3 is 20.1 Å². The van der Waals surface area contributed by atoms with E-state index >= 15 is 0 Å². The van der Waals surface area contributed by atoms with E-state index in [1.54, 1.807) is 23.1 Å². The molecule has 2 fully saturated rings. The number of piperazine rings is 1. The number of nitrogens with zero attached hydrogens (tertiary/aromatic N) is 7. The van der Waals surface area contributed by atoms with Gasteiger partial charge in [-0.05, 0) is 32.0 Å². The number of morpholine rings is 1. The van der Waals surface area contributed by atoms with Crippen molar-refractivity contribution in [1.29, 1.82) is 0 Å². The molecule has 0 aliphatic carbocycles. The van der Waals surface area contributed by atoms with Gasteiger partial charge in [0.15, 0.2) is 5.82 Å². The summed E-state index contributed by atoms with van der Waals surface area (Å²) in [6.45, 7) is 10.9. The van der Waals surface area contributed by atoms with Gasteiger partial charge in [0.05, 0.1) is 47.0 Å². The minimum atomic E-state index is -0.637. The first-order valence-corrected chi connectivity index (χ1v) is 14.1. The Bertz CT molecular complexity index is 1500. The molecule has 0 bridgehead atoms. The van der Waals surface area contributed by atoms with Crippen molar-refractivity contribution in [3.05, 3.63) is 35.2 Å². The molecule has 12 heteroatoms. The smallest absolute Gasteiger partial charge is 0.253 e. The Kier molecular flexibility index (Phi) is 6.88. The van der Waals surface area contributed by atoms with Crippen molar-refractivity contribution in [2.75, 3.05) is 64.5 Å². The van der Waals surface area contributed by atoms with Gasteiger partial charge in [0.25, 0.3) is 5.95 Å². The van der Waals surface area contributed by atoms with Gasteiger partial charge >= 0.3 is 0 Å². The zero-order valence-corrected chi connectivity index (χ0v) is 23.4. The van der Waals surface area contributed by atoms with Crippen LogP contribution < -0.4 is 15.4 Å². The van der Waals surface area contributed by atoms with Crippen LogP contribution in [0.4, 0.5) is 5.82 Å². The summed E-state index contributed by atoms with van der Waals surface area (Å²) < 4.78 is 14.0. The van der Waals surface area contributed by atoms with Crippen molar-refractivity contribution >= 4 is 44.2 Å². The molecule has 1 amide bonds. The largest absolute Gasteiger partial charge is 0.479 e. The van der Waals surface area contributed by atoms with Gasteiger partial charge in [-0.1, -0.05) is 12.1 Å². The highest BCUT2D eigenvalue weighted by Crippen LogP contribution is 2.35. The fourth-order valence-electron chi connectivity index (χ4n) is 5.30. The highest BCUT2D eigenvalue weighted by atomic mass is 32.1. The van der Waals surface area contributed by atoms with E-state index in [2.05, 4.69) is 20.8 Å². The number of methoxy groups -OCH3 is 1. The molecule has 0 saturated carbocycles. The summed E-state index contributed by atoms with van der Waals surface area (Å²) in [7, 11) is 1.63. The Labute approximate surface area is 231 Å². The predicted molar refractivity (Wildman–Crippen MR) is 152 cm³/mol. The molecule has 0 spiro atoms. The standard InChI is InChI=1S/C27H34N8O3S/c1-27(2,25(28)36)34-10-8-32(9-11-34)17-18-16-20-22(39-18)23(33-12-14-38-15-13-33)30-26(29-20)35-21-7-5-4-6-19(21)24(31-35)37-3/h4-7,16H,8-15,17H2,1-3H3,(H2,28,36). The summed E-state index contributed by atoms with van der Waals surface area (Å²) in [5, 5.41) is 5.61. The molecule has 206 valence electrons. The summed E-state index contributed by atoms with van der Waals surface area (Å²) in [6.07, 6.45) is 0. The highest BCUT2D eigenvalue weighted by Gasteiger charge is 2.34. The minimum Gasteiger partial charge on any atom is -0.479 e. The number of fused-ring (bicyclic) bond motifs is 2. The van der Waals surface area contributed by atoms with Crippen LogP contribution in [0.5, 0.6) is 5.88 Å². The van der Waals surface area contributed by atoms with Crippen molar-refractivity contribution in [1.82, 2.24) is 29.5 Å². The number of ether oxygens (including phenoxy) is 2. The Hall–Kier alpha value is -3.32. The quantitative estimate of drug-likeness (QED) is 0.370. The van der Waals surface area contributed by atoms with Crippen LogP contribution in [-0.4, -0.2) is 101 Å². The third kappa shape index (κ3) is 4.82. The maximum absolute atomic E-state index is 11.9. The zero-order chi connectivity index (χ0) is 27.1. The van der Waals surface area contributed by atoms with Crippen LogP contribution in [0, 0.1) is 0 Å². The van der Waals surface area contributed by atoms with E-state index in [-0.39, 0.29) is 5.91 Å². The van der Waals surface area contributed by atoms with E-state index in [0.29, 0.717) is 25.0 Å². The first kappa shape index (κ1) is 25.9. The number of nitrogens with two attached hydrogens (primary N) is 1. The molecular formula is C27H34N8O3S. The van der Waals surface area contributed by atoms with Crippen LogP contribution in [0.3, 0.4) is 0 Å². The third-order valence-electron chi connectivity index (χ3n) is 7.79. The summed E-state index contributed by atoms with van der Waals surface area (Å²) in [5.74, 6) is 1.70. The van der Waals surface area contributed by atoms with E-state index in [1.807, 2.05) is 38.1 Å². The number of para-hydroxylation sites is 1. The fraction of sp³-hybridized carbons (Fsp3) is 0.481. The topological polar surface area (TPSA) is 115 Å². The number of amides is 1. The molecule has 2 aliphatic heterocycles. The number of thiophene rings is 1. The molecule has 0 atom stereocenters. The second-order valence-corrected chi connectivity index (χ2v) is 11.6. The average Bonchev–Trinajstić information content (AvgIpc) is 3.54. The Morgan fingerprint density at radius 3 is 2.56 bits per heavy atom. The number of primary amides is 1. The second kappa shape index (κ2) is 10.3. The number of anilines is 1. The molecule has 11 nitrogen and oxygen atoms in total. The molecule has 3 aromatic heterocycles. The van der Waals surface area contributed by atoms with Crippen molar-refractivity contribution in [2.45, 2.75) is 25.9 Å². The van der Waals surface area contributed by atoms with Gasteiger partial charge in [-0.2, -0.15) is 9.67 Å². The van der Waals surface area contributed by atoms with E-state index in [1.165, 1.54) is 4.88 Å². The number of carbonyl (C=O) groups excluding carboxylic acids is 1. The first-order valence-electron chi connectivity index (χ1n) is 13.3. The minimum absolute atomic E-state index is 0.284. The van der Waals surface area contributed by atoms with Crippen molar-refractivity contribution in [3.63, 3.8) is 0 Å². The summed E-state index contributed by atoms with van der Waals surface area (Å²) in [4.78, 5) is 30.1. The molecule has 1 aromatic carbocycles. The van der Waals surface area contributed by atoms with Crippen molar-refractivity contribution in [3.8, 4) is 11.8 Å². The van der Waals surface area contributed by atoms with Gasteiger partial charge in [0, 0.05) is 50.7 Å². The lowest BCUT2D eigenvalue weighted by Crippen LogP contribution is -2.59. The number of hydrogen-bond acceptors (Lipinski definition) is 10.